The molecule has 0 aromatic heterocycles. The highest BCUT2D eigenvalue weighted by atomic mass is 35.6. The minimum absolute atomic E-state index is 0.0279. The van der Waals surface area contributed by atoms with Crippen LogP contribution in [0, 0.1) is 0 Å². The van der Waals surface area contributed by atoms with Crippen molar-refractivity contribution in [2.75, 3.05) is 11.9 Å². The van der Waals surface area contributed by atoms with Crippen molar-refractivity contribution >= 4 is 109 Å². The van der Waals surface area contributed by atoms with Crippen LogP contribution >= 0.6 is 69.6 Å². The normalized spacial score (nSPS) is 16.0. The molecule has 1 aliphatic rings. The van der Waals surface area contributed by atoms with Crippen LogP contribution in [-0.4, -0.2) is 47.3 Å². The van der Waals surface area contributed by atoms with Gasteiger partial charge in [0.2, 0.25) is 19.7 Å². The Morgan fingerprint density at radius 1 is 1.00 bits per heavy atom. The average Bonchev–Trinajstić information content (AvgIpc) is 3.22. The zero-order valence-corrected chi connectivity index (χ0v) is 22.3. The Balaban J connectivity index is 1.86. The van der Waals surface area contributed by atoms with Gasteiger partial charge in [0.1, 0.15) is 18.3 Å². The van der Waals surface area contributed by atoms with Crippen LogP contribution in [0.1, 0.15) is 11.6 Å². The van der Waals surface area contributed by atoms with Gasteiger partial charge in [-0.2, -0.15) is 4.72 Å². The van der Waals surface area contributed by atoms with Gasteiger partial charge in [0.15, 0.2) is 0 Å². The Labute approximate surface area is 229 Å². The second-order valence-electron chi connectivity index (χ2n) is 6.84. The Morgan fingerprint density at radius 2 is 1.69 bits per heavy atom. The average molecular weight is 621 g/mol. The molecule has 1 atom stereocenters. The minimum atomic E-state index is -4.14. The number of nitrogens with one attached hydrogen (secondary N) is 2. The number of carbonyl (C=O) groups is 2. The molecular weight excluding hydrogens is 609 g/mol. The molecule has 0 saturated heterocycles. The number of aliphatic imine (C=N–C) groups is 2. The number of aliphatic carboxylic acids is 1. The first kappa shape index (κ1) is 27.9. The summed E-state index contributed by atoms with van der Waals surface area (Å²) in [6.45, 7) is -0.818. The molecule has 9 nitrogen and oxygen atoms in total. The van der Waals surface area contributed by atoms with E-state index in [4.69, 9.17) is 74.7 Å². The smallest absolute Gasteiger partial charge is 0.318 e. The first-order valence-electron chi connectivity index (χ1n) is 9.20. The summed E-state index contributed by atoms with van der Waals surface area (Å²) in [4.78, 5) is 31.4. The molecule has 35 heavy (non-hydrogen) atoms. The van der Waals surface area contributed by atoms with Crippen molar-refractivity contribution in [2.45, 2.75) is 14.7 Å². The maximum absolute atomic E-state index is 12.8. The molecule has 0 bridgehead atoms. The second kappa shape index (κ2) is 10.8. The molecule has 0 saturated carbocycles. The second-order valence-corrected chi connectivity index (χ2v) is 12.1. The molecule has 186 valence electrons. The third kappa shape index (κ3) is 6.78. The van der Waals surface area contributed by atoms with Crippen LogP contribution in [0.15, 0.2) is 51.3 Å². The zero-order chi connectivity index (χ0) is 26.1. The topological polar surface area (TPSA) is 137 Å². The number of hydrogen-bond donors (Lipinski definition) is 3. The Hall–Kier alpha value is -1.63. The summed E-state index contributed by atoms with van der Waals surface area (Å²) >= 11 is 36.2. The molecule has 0 fully saturated rings. The number of rotatable bonds is 7. The lowest BCUT2D eigenvalue weighted by molar-refractivity contribution is -0.135. The maximum Gasteiger partial charge on any atom is 0.318 e. The van der Waals surface area contributed by atoms with Crippen molar-refractivity contribution in [3.8, 4) is 0 Å². The van der Waals surface area contributed by atoms with Gasteiger partial charge in [-0.25, -0.2) is 18.4 Å². The van der Waals surface area contributed by atoms with Gasteiger partial charge in [0.05, 0.1) is 25.7 Å². The van der Waals surface area contributed by atoms with Gasteiger partial charge < -0.3 is 10.4 Å². The third-order valence-electron chi connectivity index (χ3n) is 4.40. The van der Waals surface area contributed by atoms with Gasteiger partial charge in [0, 0.05) is 0 Å². The number of halogens is 6. The standard InChI is InChI=1S/C19H12Cl6N4O5S/c20-10-3-1-8(5-11(10)21)15-16(19(23,24)25)29-17(28-15)18(32)27-13-4-2-9(6-12(13)22)35(33,34)26-7-14(30)31/h1-6,15,26H,7H2,(H,27,32)(H,30,31). The van der Waals surface area contributed by atoms with Crippen LogP contribution in [-0.2, 0) is 19.6 Å². The molecule has 0 spiro atoms. The molecule has 1 unspecified atom stereocenters. The number of carboxylic acid groups (broad SMARTS) is 1. The summed E-state index contributed by atoms with van der Waals surface area (Å²) in [5.41, 5.74) is 0.442. The van der Waals surface area contributed by atoms with Crippen molar-refractivity contribution in [3.05, 3.63) is 57.0 Å². The van der Waals surface area contributed by atoms with Gasteiger partial charge in [-0.05, 0) is 35.9 Å². The zero-order valence-electron chi connectivity index (χ0n) is 16.9. The number of benzene rings is 2. The molecule has 2 aromatic rings. The van der Waals surface area contributed by atoms with Gasteiger partial charge in [0.25, 0.3) is 5.91 Å². The largest absolute Gasteiger partial charge is 0.480 e. The number of nitrogens with zero attached hydrogens (tertiary/aromatic N) is 2. The molecule has 0 aliphatic carbocycles. The lowest BCUT2D eigenvalue weighted by Crippen LogP contribution is -2.29. The predicted octanol–water partition coefficient (Wildman–Crippen LogP) is 4.91. The number of alkyl halides is 3. The van der Waals surface area contributed by atoms with E-state index < -0.39 is 38.3 Å². The van der Waals surface area contributed by atoms with E-state index in [-0.39, 0.29) is 32.2 Å². The molecular formula is C19H12Cl6N4O5S. The van der Waals surface area contributed by atoms with E-state index >= 15 is 0 Å². The van der Waals surface area contributed by atoms with Crippen molar-refractivity contribution in [1.29, 1.82) is 0 Å². The van der Waals surface area contributed by atoms with E-state index in [9.17, 15) is 18.0 Å². The van der Waals surface area contributed by atoms with E-state index in [0.717, 1.165) is 12.1 Å². The molecule has 0 radical (unpaired) electrons. The lowest BCUT2D eigenvalue weighted by Gasteiger charge is -2.17. The van der Waals surface area contributed by atoms with Crippen LogP contribution in [0.4, 0.5) is 5.69 Å². The van der Waals surface area contributed by atoms with E-state index in [1.807, 2.05) is 4.72 Å². The van der Waals surface area contributed by atoms with E-state index in [2.05, 4.69) is 15.3 Å². The fourth-order valence-corrected chi connectivity index (χ4v) is 4.85. The molecule has 3 N–H and O–H groups in total. The summed E-state index contributed by atoms with van der Waals surface area (Å²) in [7, 11) is -4.14. The first-order valence-corrected chi connectivity index (χ1v) is 12.9. The maximum atomic E-state index is 12.8. The van der Waals surface area contributed by atoms with Gasteiger partial charge in [-0.15, -0.1) is 0 Å². The fraction of sp³-hybridized carbons (Fsp3) is 0.158. The van der Waals surface area contributed by atoms with Crippen LogP contribution in [0.5, 0.6) is 0 Å². The van der Waals surface area contributed by atoms with Crippen LogP contribution < -0.4 is 10.0 Å². The fourth-order valence-electron chi connectivity index (χ4n) is 2.81. The van der Waals surface area contributed by atoms with Crippen LogP contribution in [0.25, 0.3) is 0 Å². The Morgan fingerprint density at radius 3 is 2.26 bits per heavy atom. The number of amidine groups is 1. The summed E-state index contributed by atoms with van der Waals surface area (Å²) < 4.78 is 24.2. The minimum Gasteiger partial charge on any atom is -0.480 e. The Kier molecular flexibility index (Phi) is 8.61. The van der Waals surface area contributed by atoms with Gasteiger partial charge in [-0.1, -0.05) is 75.7 Å². The van der Waals surface area contributed by atoms with Crippen LogP contribution in [0.3, 0.4) is 0 Å². The van der Waals surface area contributed by atoms with Gasteiger partial charge in [-0.3, -0.25) is 9.59 Å². The lowest BCUT2D eigenvalue weighted by atomic mass is 10.0. The quantitative estimate of drug-likeness (QED) is 0.378. The SMILES string of the molecule is O=C(O)CNS(=O)(=O)c1ccc(NC(=O)C2=NC(c3ccc(Cl)c(Cl)c3)C(C(Cl)(Cl)Cl)=N2)c(Cl)c1. The number of carbonyl (C=O) groups excluding carboxylic acids is 1. The highest BCUT2D eigenvalue weighted by molar-refractivity contribution is 7.89. The number of carboxylic acids is 1. The van der Waals surface area contributed by atoms with Crippen molar-refractivity contribution in [1.82, 2.24) is 4.72 Å². The highest BCUT2D eigenvalue weighted by Crippen LogP contribution is 2.40. The number of amides is 1. The highest BCUT2D eigenvalue weighted by Gasteiger charge is 2.40. The van der Waals surface area contributed by atoms with Crippen molar-refractivity contribution < 1.29 is 23.1 Å². The molecule has 1 amide bonds. The van der Waals surface area contributed by atoms with Gasteiger partial charge >= 0.3 is 5.97 Å². The van der Waals surface area contributed by atoms with Crippen LogP contribution in [0.2, 0.25) is 15.1 Å². The van der Waals surface area contributed by atoms with E-state index in [0.29, 0.717) is 10.6 Å². The van der Waals surface area contributed by atoms with E-state index in [1.165, 1.54) is 18.2 Å². The summed E-state index contributed by atoms with van der Waals surface area (Å²) in [6, 6.07) is 7.03. The number of anilines is 1. The van der Waals surface area contributed by atoms with E-state index in [1.54, 1.807) is 6.07 Å². The van der Waals surface area contributed by atoms with Crippen molar-refractivity contribution in [3.63, 3.8) is 0 Å². The number of hydrogen-bond acceptors (Lipinski definition) is 6. The molecule has 1 heterocycles. The molecule has 16 heteroatoms. The molecule has 3 rings (SSSR count). The number of sulfonamides is 1. The molecule has 1 aliphatic heterocycles. The molecule has 2 aromatic carbocycles. The Bertz CT molecular complexity index is 1370. The monoisotopic (exact) mass is 618 g/mol. The third-order valence-corrected chi connectivity index (χ3v) is 7.43. The summed E-state index contributed by atoms with van der Waals surface area (Å²) in [6.07, 6.45) is 0. The van der Waals surface area contributed by atoms with Crippen molar-refractivity contribution in [2.24, 2.45) is 9.98 Å². The summed E-state index contributed by atoms with van der Waals surface area (Å²) in [5.74, 6) is -2.52. The summed E-state index contributed by atoms with van der Waals surface area (Å²) in [5, 5.41) is 11.5. The predicted molar refractivity (Wildman–Crippen MR) is 137 cm³/mol. The first-order chi connectivity index (χ1) is 16.2.